The first-order valence-electron chi connectivity index (χ1n) is 3.28. The summed E-state index contributed by atoms with van der Waals surface area (Å²) in [5.74, 6) is 0.662. The second-order valence-corrected chi connectivity index (χ2v) is 3.81. The molecule has 1 saturated heterocycles. The molecule has 0 aliphatic carbocycles. The number of alkyl halides is 1. The second kappa shape index (κ2) is 2.99. The van der Waals surface area contributed by atoms with Crippen molar-refractivity contribution in [1.29, 1.82) is 0 Å². The third-order valence-electron chi connectivity index (χ3n) is 1.88. The van der Waals surface area contributed by atoms with Crippen LogP contribution in [0.2, 0.25) is 0 Å². The van der Waals surface area contributed by atoms with Crippen molar-refractivity contribution in [3.63, 3.8) is 0 Å². The van der Waals surface area contributed by atoms with Gasteiger partial charge in [0.1, 0.15) is 0 Å². The Morgan fingerprint density at radius 2 is 2.44 bits per heavy atom. The minimum atomic E-state index is 0.197. The van der Waals surface area contributed by atoms with Gasteiger partial charge in [0.25, 0.3) is 0 Å². The lowest BCUT2D eigenvalue weighted by atomic mass is 10.1. The lowest BCUT2D eigenvalue weighted by molar-refractivity contribution is 0.393. The SMILES string of the molecule is CN1CCC(C(N)Br)C1. The minimum absolute atomic E-state index is 0.197. The van der Waals surface area contributed by atoms with Gasteiger partial charge in [-0.05, 0) is 25.9 Å². The standard InChI is InChI=1S/C6H13BrN2/c1-9-3-2-5(4-9)6(7)8/h5-6H,2-4,8H2,1H3. The molecule has 0 aromatic heterocycles. The first kappa shape index (κ1) is 7.51. The Morgan fingerprint density at radius 3 is 2.67 bits per heavy atom. The molecule has 1 aliphatic heterocycles. The highest BCUT2D eigenvalue weighted by Crippen LogP contribution is 2.19. The Balaban J connectivity index is 2.30. The Hall–Kier alpha value is 0.400. The van der Waals surface area contributed by atoms with E-state index in [1.807, 2.05) is 0 Å². The fourth-order valence-electron chi connectivity index (χ4n) is 1.23. The van der Waals surface area contributed by atoms with Gasteiger partial charge in [0, 0.05) is 6.54 Å². The zero-order valence-electron chi connectivity index (χ0n) is 5.68. The summed E-state index contributed by atoms with van der Waals surface area (Å²) in [5.41, 5.74) is 5.65. The van der Waals surface area contributed by atoms with E-state index in [-0.39, 0.29) is 4.95 Å². The van der Waals surface area contributed by atoms with Crippen molar-refractivity contribution in [3.05, 3.63) is 0 Å². The van der Waals surface area contributed by atoms with Crippen molar-refractivity contribution < 1.29 is 0 Å². The van der Waals surface area contributed by atoms with Crippen molar-refractivity contribution in [3.8, 4) is 0 Å². The van der Waals surface area contributed by atoms with Crippen molar-refractivity contribution in [2.75, 3.05) is 20.1 Å². The summed E-state index contributed by atoms with van der Waals surface area (Å²) >= 11 is 3.38. The fourth-order valence-corrected chi connectivity index (χ4v) is 1.66. The Kier molecular flexibility index (Phi) is 2.50. The van der Waals surface area contributed by atoms with Crippen LogP contribution in [0, 0.1) is 5.92 Å². The molecule has 0 bridgehead atoms. The summed E-state index contributed by atoms with van der Waals surface area (Å²) < 4.78 is 0. The maximum atomic E-state index is 5.65. The summed E-state index contributed by atoms with van der Waals surface area (Å²) in [5, 5.41) is 0. The molecule has 0 aromatic rings. The maximum Gasteiger partial charge on any atom is 0.0646 e. The molecule has 0 aromatic carbocycles. The lowest BCUT2D eigenvalue weighted by Crippen LogP contribution is -2.25. The summed E-state index contributed by atoms with van der Waals surface area (Å²) in [6.07, 6.45) is 1.24. The number of rotatable bonds is 1. The molecule has 0 spiro atoms. The molecule has 3 heteroatoms. The van der Waals surface area contributed by atoms with Crippen molar-refractivity contribution >= 4 is 15.9 Å². The van der Waals surface area contributed by atoms with Crippen LogP contribution in [0.25, 0.3) is 0 Å². The van der Waals surface area contributed by atoms with Crippen molar-refractivity contribution in [2.24, 2.45) is 11.7 Å². The van der Waals surface area contributed by atoms with Crippen LogP contribution in [0.4, 0.5) is 0 Å². The summed E-state index contributed by atoms with van der Waals surface area (Å²) in [6.45, 7) is 2.34. The molecule has 54 valence electrons. The van der Waals surface area contributed by atoms with Gasteiger partial charge in [0.2, 0.25) is 0 Å². The quantitative estimate of drug-likeness (QED) is 0.488. The maximum absolute atomic E-state index is 5.65. The van der Waals surface area contributed by atoms with Gasteiger partial charge in [-0.25, -0.2) is 0 Å². The van der Waals surface area contributed by atoms with Crippen molar-refractivity contribution in [2.45, 2.75) is 11.4 Å². The lowest BCUT2D eigenvalue weighted by Gasteiger charge is -2.11. The van der Waals surface area contributed by atoms with Crippen molar-refractivity contribution in [1.82, 2.24) is 4.90 Å². The molecule has 1 aliphatic rings. The molecule has 0 radical (unpaired) electrons. The highest BCUT2D eigenvalue weighted by molar-refractivity contribution is 9.09. The van der Waals surface area contributed by atoms with Gasteiger partial charge >= 0.3 is 0 Å². The number of halogens is 1. The van der Waals surface area contributed by atoms with Gasteiger partial charge in [0.05, 0.1) is 4.95 Å². The summed E-state index contributed by atoms with van der Waals surface area (Å²) in [6, 6.07) is 0. The third kappa shape index (κ3) is 1.92. The number of nitrogens with two attached hydrogens (primary N) is 1. The highest BCUT2D eigenvalue weighted by Gasteiger charge is 2.22. The Morgan fingerprint density at radius 1 is 1.78 bits per heavy atom. The van der Waals surface area contributed by atoms with E-state index in [9.17, 15) is 0 Å². The number of nitrogens with zero attached hydrogens (tertiary/aromatic N) is 1. The molecule has 2 N–H and O–H groups in total. The first-order chi connectivity index (χ1) is 4.20. The van der Waals surface area contributed by atoms with Crippen LogP contribution in [0.1, 0.15) is 6.42 Å². The topological polar surface area (TPSA) is 29.3 Å². The molecular weight excluding hydrogens is 180 g/mol. The van der Waals surface area contributed by atoms with Gasteiger partial charge in [-0.1, -0.05) is 15.9 Å². The molecule has 0 amide bonds. The molecule has 0 saturated carbocycles. The van der Waals surface area contributed by atoms with Gasteiger partial charge in [-0.2, -0.15) is 0 Å². The number of hydrogen-bond acceptors (Lipinski definition) is 2. The van der Waals surface area contributed by atoms with Crippen LogP contribution < -0.4 is 5.73 Å². The van der Waals surface area contributed by atoms with Crippen LogP contribution in [0.3, 0.4) is 0 Å². The third-order valence-corrected chi connectivity index (χ3v) is 2.63. The van der Waals surface area contributed by atoms with Gasteiger partial charge in [0.15, 0.2) is 0 Å². The molecule has 2 atom stereocenters. The zero-order chi connectivity index (χ0) is 6.85. The molecule has 2 nitrogen and oxygen atoms in total. The average Bonchev–Trinajstić information content (AvgIpc) is 2.14. The van der Waals surface area contributed by atoms with Gasteiger partial charge in [-0.15, -0.1) is 0 Å². The highest BCUT2D eigenvalue weighted by atomic mass is 79.9. The summed E-state index contributed by atoms with van der Waals surface area (Å²) in [4.78, 5) is 2.51. The molecule has 1 heterocycles. The van der Waals surface area contributed by atoms with E-state index in [4.69, 9.17) is 5.73 Å². The van der Waals surface area contributed by atoms with E-state index < -0.39 is 0 Å². The van der Waals surface area contributed by atoms with Gasteiger partial charge < -0.3 is 10.6 Å². The van der Waals surface area contributed by atoms with Gasteiger partial charge in [-0.3, -0.25) is 0 Å². The van der Waals surface area contributed by atoms with E-state index in [1.54, 1.807) is 0 Å². The second-order valence-electron chi connectivity index (χ2n) is 2.76. The molecule has 1 rings (SSSR count). The molecule has 9 heavy (non-hydrogen) atoms. The van der Waals surface area contributed by atoms with Crippen LogP contribution in [0.15, 0.2) is 0 Å². The predicted molar refractivity (Wildman–Crippen MR) is 42.5 cm³/mol. The van der Waals surface area contributed by atoms with Crippen LogP contribution in [0.5, 0.6) is 0 Å². The van der Waals surface area contributed by atoms with E-state index in [1.165, 1.54) is 13.0 Å². The zero-order valence-corrected chi connectivity index (χ0v) is 7.26. The number of hydrogen-bond donors (Lipinski definition) is 1. The minimum Gasteiger partial charge on any atom is -0.319 e. The molecular formula is C6H13BrN2. The molecule has 2 unspecified atom stereocenters. The first-order valence-corrected chi connectivity index (χ1v) is 4.20. The van der Waals surface area contributed by atoms with E-state index in [0.29, 0.717) is 5.92 Å². The largest absolute Gasteiger partial charge is 0.319 e. The van der Waals surface area contributed by atoms with Crippen LogP contribution >= 0.6 is 15.9 Å². The van der Waals surface area contributed by atoms with E-state index in [2.05, 4.69) is 27.9 Å². The fraction of sp³-hybridized carbons (Fsp3) is 1.00. The van der Waals surface area contributed by atoms with Crippen LogP contribution in [-0.4, -0.2) is 30.0 Å². The smallest absolute Gasteiger partial charge is 0.0646 e. The van der Waals surface area contributed by atoms with E-state index in [0.717, 1.165) is 6.54 Å². The monoisotopic (exact) mass is 192 g/mol. The summed E-state index contributed by atoms with van der Waals surface area (Å²) in [7, 11) is 2.13. The Bertz CT molecular complexity index is 95.1. The molecule has 1 fully saturated rings. The normalized spacial score (nSPS) is 33.0. The Labute approximate surface area is 64.5 Å². The predicted octanol–water partition coefficient (Wildman–Crippen LogP) is 0.618. The van der Waals surface area contributed by atoms with Crippen LogP contribution in [-0.2, 0) is 0 Å². The van der Waals surface area contributed by atoms with E-state index >= 15 is 0 Å². The average molecular weight is 193 g/mol. The number of likely N-dealkylation sites (tertiary alicyclic amines) is 1.